The number of benzene rings is 1. The minimum atomic E-state index is -0.726. The first-order valence-electron chi connectivity index (χ1n) is 7.62. The molecule has 4 amide bonds. The van der Waals surface area contributed by atoms with Crippen LogP contribution >= 0.6 is 0 Å². The van der Waals surface area contributed by atoms with Crippen molar-refractivity contribution in [1.29, 1.82) is 0 Å². The highest BCUT2D eigenvalue weighted by Gasteiger charge is 2.43. The molecule has 6 nitrogen and oxygen atoms in total. The Morgan fingerprint density at radius 1 is 1.26 bits per heavy atom. The highest BCUT2D eigenvalue weighted by molar-refractivity contribution is 6.15. The second-order valence-electron chi connectivity index (χ2n) is 5.43. The van der Waals surface area contributed by atoms with Gasteiger partial charge in [0.05, 0.1) is 0 Å². The number of rotatable bonds is 6. The van der Waals surface area contributed by atoms with E-state index < -0.39 is 23.8 Å². The SMILES string of the molecule is CCCCNC(=O)CN1C(=O)[C@H](C)N(c2ccc(F)cc2)C1=O. The number of carbonyl (C=O) groups excluding carboxylic acids is 3. The van der Waals surface area contributed by atoms with E-state index in [2.05, 4.69) is 5.32 Å². The van der Waals surface area contributed by atoms with Crippen LogP contribution in [-0.2, 0) is 9.59 Å². The van der Waals surface area contributed by atoms with Crippen LogP contribution in [0.2, 0.25) is 0 Å². The Balaban J connectivity index is 2.08. The Hall–Kier alpha value is -2.44. The minimum Gasteiger partial charge on any atom is -0.355 e. The first-order chi connectivity index (χ1) is 11.0. The van der Waals surface area contributed by atoms with E-state index in [1.165, 1.54) is 29.2 Å². The molecular formula is C16H20FN3O3. The number of nitrogens with one attached hydrogen (secondary N) is 1. The van der Waals surface area contributed by atoms with Crippen molar-refractivity contribution in [1.82, 2.24) is 10.2 Å². The average Bonchev–Trinajstić information content (AvgIpc) is 2.73. The van der Waals surface area contributed by atoms with Gasteiger partial charge in [0.15, 0.2) is 0 Å². The maximum atomic E-state index is 13.0. The molecule has 0 aliphatic carbocycles. The van der Waals surface area contributed by atoms with Crippen molar-refractivity contribution >= 4 is 23.5 Å². The van der Waals surface area contributed by atoms with Crippen molar-refractivity contribution < 1.29 is 18.8 Å². The molecule has 1 heterocycles. The summed E-state index contributed by atoms with van der Waals surface area (Å²) in [5.74, 6) is -1.23. The minimum absolute atomic E-state index is 0.302. The number of carbonyl (C=O) groups is 3. The van der Waals surface area contributed by atoms with E-state index in [0.717, 1.165) is 17.7 Å². The first kappa shape index (κ1) is 16.9. The van der Waals surface area contributed by atoms with Crippen molar-refractivity contribution in [3.05, 3.63) is 30.1 Å². The van der Waals surface area contributed by atoms with Gasteiger partial charge in [0.2, 0.25) is 5.91 Å². The molecule has 1 aliphatic rings. The number of hydrogen-bond donors (Lipinski definition) is 1. The van der Waals surface area contributed by atoms with Crippen molar-refractivity contribution in [2.75, 3.05) is 18.0 Å². The van der Waals surface area contributed by atoms with E-state index in [1.54, 1.807) is 6.92 Å². The molecular weight excluding hydrogens is 301 g/mol. The van der Waals surface area contributed by atoms with Gasteiger partial charge >= 0.3 is 6.03 Å². The van der Waals surface area contributed by atoms with Crippen LogP contribution in [0.1, 0.15) is 26.7 Å². The monoisotopic (exact) mass is 321 g/mol. The summed E-state index contributed by atoms with van der Waals surface area (Å²) in [4.78, 5) is 38.7. The zero-order chi connectivity index (χ0) is 17.0. The van der Waals surface area contributed by atoms with Crippen LogP contribution in [0.15, 0.2) is 24.3 Å². The van der Waals surface area contributed by atoms with Crippen molar-refractivity contribution in [2.45, 2.75) is 32.7 Å². The maximum Gasteiger partial charge on any atom is 0.332 e. The number of imide groups is 1. The number of hydrogen-bond acceptors (Lipinski definition) is 3. The van der Waals surface area contributed by atoms with Crippen LogP contribution in [0, 0.1) is 5.82 Å². The highest BCUT2D eigenvalue weighted by Crippen LogP contribution is 2.25. The van der Waals surface area contributed by atoms with Gasteiger partial charge in [0.1, 0.15) is 18.4 Å². The fraction of sp³-hybridized carbons (Fsp3) is 0.438. The van der Waals surface area contributed by atoms with Crippen molar-refractivity contribution in [2.24, 2.45) is 0 Å². The molecule has 1 aromatic carbocycles. The van der Waals surface area contributed by atoms with Crippen LogP contribution in [0.4, 0.5) is 14.9 Å². The molecule has 1 aliphatic heterocycles. The van der Waals surface area contributed by atoms with E-state index in [9.17, 15) is 18.8 Å². The van der Waals surface area contributed by atoms with Gasteiger partial charge < -0.3 is 5.32 Å². The van der Waals surface area contributed by atoms with E-state index in [4.69, 9.17) is 0 Å². The molecule has 0 spiro atoms. The van der Waals surface area contributed by atoms with Crippen LogP contribution in [0.5, 0.6) is 0 Å². The van der Waals surface area contributed by atoms with Gasteiger partial charge in [-0.15, -0.1) is 0 Å². The molecule has 1 atom stereocenters. The number of urea groups is 1. The predicted molar refractivity (Wildman–Crippen MR) is 83.4 cm³/mol. The number of halogens is 1. The zero-order valence-electron chi connectivity index (χ0n) is 13.2. The fourth-order valence-electron chi connectivity index (χ4n) is 2.41. The van der Waals surface area contributed by atoms with Crippen LogP contribution < -0.4 is 10.2 Å². The summed E-state index contributed by atoms with van der Waals surface area (Å²) in [7, 11) is 0. The summed E-state index contributed by atoms with van der Waals surface area (Å²) >= 11 is 0. The number of anilines is 1. The molecule has 0 saturated carbocycles. The van der Waals surface area contributed by atoms with Gasteiger partial charge in [-0.2, -0.15) is 0 Å². The molecule has 0 radical (unpaired) electrons. The van der Waals surface area contributed by atoms with Gasteiger partial charge in [-0.25, -0.2) is 9.18 Å². The van der Waals surface area contributed by atoms with E-state index >= 15 is 0 Å². The Morgan fingerprint density at radius 3 is 2.52 bits per heavy atom. The van der Waals surface area contributed by atoms with E-state index in [-0.39, 0.29) is 12.5 Å². The topological polar surface area (TPSA) is 69.7 Å². The normalized spacial score (nSPS) is 17.8. The molecule has 23 heavy (non-hydrogen) atoms. The molecule has 0 unspecified atom stereocenters. The van der Waals surface area contributed by atoms with Gasteiger partial charge in [0.25, 0.3) is 5.91 Å². The summed E-state index contributed by atoms with van der Waals surface area (Å²) in [5, 5.41) is 2.68. The molecule has 1 N–H and O–H groups in total. The van der Waals surface area contributed by atoms with Gasteiger partial charge in [-0.05, 0) is 37.6 Å². The second-order valence-corrected chi connectivity index (χ2v) is 5.43. The third-order valence-electron chi connectivity index (χ3n) is 3.71. The largest absolute Gasteiger partial charge is 0.355 e. The quantitative estimate of drug-likeness (QED) is 0.642. The maximum absolute atomic E-state index is 13.0. The Labute approximate surface area is 134 Å². The molecule has 2 rings (SSSR count). The number of amides is 4. The standard InChI is InChI=1S/C16H20FN3O3/c1-3-4-9-18-14(21)10-19-15(22)11(2)20(16(19)23)13-7-5-12(17)6-8-13/h5-8,11H,3-4,9-10H2,1-2H3,(H,18,21)/t11-/m0/s1. The third-order valence-corrected chi connectivity index (χ3v) is 3.71. The van der Waals surface area contributed by atoms with Crippen LogP contribution in [0.25, 0.3) is 0 Å². The van der Waals surface area contributed by atoms with Gasteiger partial charge in [-0.3, -0.25) is 19.4 Å². The van der Waals surface area contributed by atoms with Crippen molar-refractivity contribution in [3.8, 4) is 0 Å². The van der Waals surface area contributed by atoms with Gasteiger partial charge in [0, 0.05) is 12.2 Å². The lowest BCUT2D eigenvalue weighted by atomic mass is 10.2. The van der Waals surface area contributed by atoms with Crippen molar-refractivity contribution in [3.63, 3.8) is 0 Å². The molecule has 0 aromatic heterocycles. The number of nitrogens with zero attached hydrogens (tertiary/aromatic N) is 2. The lowest BCUT2D eigenvalue weighted by molar-refractivity contribution is -0.131. The summed E-state index contributed by atoms with van der Waals surface area (Å²) in [5.41, 5.74) is 0.422. The second kappa shape index (κ2) is 7.21. The molecule has 124 valence electrons. The molecule has 0 bridgehead atoms. The van der Waals surface area contributed by atoms with Crippen LogP contribution in [0.3, 0.4) is 0 Å². The molecule has 7 heteroatoms. The highest BCUT2D eigenvalue weighted by atomic mass is 19.1. The summed E-state index contributed by atoms with van der Waals surface area (Å²) in [6.07, 6.45) is 1.78. The summed E-state index contributed by atoms with van der Waals surface area (Å²) in [6, 6.07) is 4.01. The lowest BCUT2D eigenvalue weighted by Crippen LogP contribution is -2.41. The Morgan fingerprint density at radius 2 is 1.91 bits per heavy atom. The molecule has 1 fully saturated rings. The number of unbranched alkanes of at least 4 members (excludes halogenated alkanes) is 1. The van der Waals surface area contributed by atoms with Crippen LogP contribution in [-0.4, -0.2) is 41.9 Å². The fourth-order valence-corrected chi connectivity index (χ4v) is 2.41. The zero-order valence-corrected chi connectivity index (χ0v) is 13.2. The molecule has 1 saturated heterocycles. The average molecular weight is 321 g/mol. The summed E-state index contributed by atoms with van der Waals surface area (Å²) in [6.45, 7) is 3.80. The van der Waals surface area contributed by atoms with E-state index in [1.807, 2.05) is 6.92 Å². The smallest absolute Gasteiger partial charge is 0.332 e. The van der Waals surface area contributed by atoms with E-state index in [0.29, 0.717) is 12.2 Å². The Kier molecular flexibility index (Phi) is 5.31. The Bertz CT molecular complexity index is 603. The van der Waals surface area contributed by atoms with Gasteiger partial charge in [-0.1, -0.05) is 13.3 Å². The first-order valence-corrected chi connectivity index (χ1v) is 7.62. The third kappa shape index (κ3) is 3.67. The summed E-state index contributed by atoms with van der Waals surface area (Å²) < 4.78 is 13.0. The molecule has 1 aromatic rings. The lowest BCUT2D eigenvalue weighted by Gasteiger charge is -2.19. The predicted octanol–water partition coefficient (Wildman–Crippen LogP) is 1.90.